The van der Waals surface area contributed by atoms with Gasteiger partial charge in [-0.25, -0.2) is 13.1 Å². The second kappa shape index (κ2) is 5.77. The molecule has 0 saturated heterocycles. The standard InChI is InChI=1S/C10H18N2O2S2/c1-3-8(2)12-16(13,14)10-5-4-9(15-10)6-7-11/h4-5,8,12H,3,6-7,11H2,1-2H3. The van der Waals surface area contributed by atoms with E-state index in [-0.39, 0.29) is 6.04 Å². The third-order valence-electron chi connectivity index (χ3n) is 2.26. The van der Waals surface area contributed by atoms with Crippen LogP contribution < -0.4 is 10.5 Å². The van der Waals surface area contributed by atoms with Crippen molar-refractivity contribution in [2.45, 2.75) is 36.9 Å². The molecule has 0 aliphatic carbocycles. The predicted octanol–water partition coefficient (Wildman–Crippen LogP) is 1.33. The van der Waals surface area contributed by atoms with Gasteiger partial charge in [0.05, 0.1) is 0 Å². The molecule has 0 saturated carbocycles. The quantitative estimate of drug-likeness (QED) is 0.812. The summed E-state index contributed by atoms with van der Waals surface area (Å²) in [5, 5.41) is 0. The van der Waals surface area contributed by atoms with Crippen molar-refractivity contribution in [1.82, 2.24) is 4.72 Å². The first-order chi connectivity index (χ1) is 7.49. The van der Waals surface area contributed by atoms with Crippen LogP contribution in [0.2, 0.25) is 0 Å². The third-order valence-corrected chi connectivity index (χ3v) is 5.49. The molecule has 0 radical (unpaired) electrons. The normalized spacial score (nSPS) is 13.9. The predicted molar refractivity (Wildman–Crippen MR) is 67.2 cm³/mol. The minimum Gasteiger partial charge on any atom is -0.330 e. The molecule has 0 bridgehead atoms. The van der Waals surface area contributed by atoms with Crippen LogP contribution in [-0.4, -0.2) is 21.0 Å². The van der Waals surface area contributed by atoms with Crippen LogP contribution in [0.5, 0.6) is 0 Å². The fraction of sp³-hybridized carbons (Fsp3) is 0.600. The first-order valence-corrected chi connectivity index (χ1v) is 7.60. The van der Waals surface area contributed by atoms with Crippen LogP contribution in [0.3, 0.4) is 0 Å². The fourth-order valence-corrected chi connectivity index (χ4v) is 3.90. The Balaban J connectivity index is 2.81. The number of nitrogens with two attached hydrogens (primary N) is 1. The third kappa shape index (κ3) is 3.55. The Labute approximate surface area is 101 Å². The lowest BCUT2D eigenvalue weighted by molar-refractivity contribution is 0.558. The summed E-state index contributed by atoms with van der Waals surface area (Å²) in [6, 6.07) is 3.42. The van der Waals surface area contributed by atoms with Crippen molar-refractivity contribution >= 4 is 21.4 Å². The molecular formula is C10H18N2O2S2. The van der Waals surface area contributed by atoms with Crippen molar-refractivity contribution in [1.29, 1.82) is 0 Å². The molecule has 1 atom stereocenters. The Hall–Kier alpha value is -0.430. The minimum atomic E-state index is -3.34. The number of thiophene rings is 1. The van der Waals surface area contributed by atoms with Gasteiger partial charge >= 0.3 is 0 Å². The van der Waals surface area contributed by atoms with Gasteiger partial charge in [-0.15, -0.1) is 11.3 Å². The Kier molecular flexibility index (Phi) is 4.91. The van der Waals surface area contributed by atoms with Crippen molar-refractivity contribution in [2.75, 3.05) is 6.54 Å². The fourth-order valence-electron chi connectivity index (χ4n) is 1.19. The van der Waals surface area contributed by atoms with Crippen molar-refractivity contribution in [3.05, 3.63) is 17.0 Å². The summed E-state index contributed by atoms with van der Waals surface area (Å²) >= 11 is 1.29. The number of sulfonamides is 1. The van der Waals surface area contributed by atoms with E-state index in [4.69, 9.17) is 5.73 Å². The van der Waals surface area contributed by atoms with E-state index in [1.54, 1.807) is 6.07 Å². The molecule has 0 spiro atoms. The van der Waals surface area contributed by atoms with Gasteiger partial charge in [-0.2, -0.15) is 0 Å². The zero-order valence-electron chi connectivity index (χ0n) is 9.56. The molecule has 4 nitrogen and oxygen atoms in total. The number of hydrogen-bond donors (Lipinski definition) is 2. The van der Waals surface area contributed by atoms with Crippen LogP contribution in [0.4, 0.5) is 0 Å². The number of hydrogen-bond acceptors (Lipinski definition) is 4. The van der Waals surface area contributed by atoms with E-state index >= 15 is 0 Å². The summed E-state index contributed by atoms with van der Waals surface area (Å²) in [5.74, 6) is 0. The molecule has 0 amide bonds. The molecule has 0 aliphatic heterocycles. The molecular weight excluding hydrogens is 244 g/mol. The average Bonchev–Trinajstić information content (AvgIpc) is 2.67. The van der Waals surface area contributed by atoms with Crippen molar-refractivity contribution in [3.63, 3.8) is 0 Å². The summed E-state index contributed by atoms with van der Waals surface area (Å²) < 4.78 is 26.8. The van der Waals surface area contributed by atoms with Crippen LogP contribution in [0.1, 0.15) is 25.1 Å². The highest BCUT2D eigenvalue weighted by Gasteiger charge is 2.18. The Morgan fingerprint density at radius 3 is 2.75 bits per heavy atom. The monoisotopic (exact) mass is 262 g/mol. The van der Waals surface area contributed by atoms with Crippen LogP contribution in [0, 0.1) is 0 Å². The largest absolute Gasteiger partial charge is 0.330 e. The van der Waals surface area contributed by atoms with Crippen molar-refractivity contribution < 1.29 is 8.42 Å². The first-order valence-electron chi connectivity index (χ1n) is 5.30. The maximum Gasteiger partial charge on any atom is 0.250 e. The van der Waals surface area contributed by atoms with E-state index in [0.717, 1.165) is 17.7 Å². The van der Waals surface area contributed by atoms with Crippen LogP contribution in [0.25, 0.3) is 0 Å². The number of nitrogens with one attached hydrogen (secondary N) is 1. The smallest absolute Gasteiger partial charge is 0.250 e. The molecule has 92 valence electrons. The zero-order valence-corrected chi connectivity index (χ0v) is 11.2. The van der Waals surface area contributed by atoms with Crippen molar-refractivity contribution in [3.8, 4) is 0 Å². The van der Waals surface area contributed by atoms with Gasteiger partial charge in [0, 0.05) is 10.9 Å². The molecule has 1 unspecified atom stereocenters. The molecule has 0 aliphatic rings. The van der Waals surface area contributed by atoms with E-state index in [1.807, 2.05) is 19.9 Å². The highest BCUT2D eigenvalue weighted by Crippen LogP contribution is 2.21. The molecule has 1 rings (SSSR count). The minimum absolute atomic E-state index is 0.0370. The number of rotatable bonds is 6. The van der Waals surface area contributed by atoms with E-state index in [9.17, 15) is 8.42 Å². The van der Waals surface area contributed by atoms with Gasteiger partial charge in [0.25, 0.3) is 0 Å². The van der Waals surface area contributed by atoms with E-state index in [0.29, 0.717) is 10.8 Å². The lowest BCUT2D eigenvalue weighted by atomic mass is 10.3. The highest BCUT2D eigenvalue weighted by molar-refractivity contribution is 7.91. The van der Waals surface area contributed by atoms with Gasteiger partial charge in [0.1, 0.15) is 4.21 Å². The second-order valence-electron chi connectivity index (χ2n) is 3.69. The zero-order chi connectivity index (χ0) is 12.2. The molecule has 0 fully saturated rings. The maximum absolute atomic E-state index is 11.9. The molecule has 6 heteroatoms. The van der Waals surface area contributed by atoms with Gasteiger partial charge in [0.15, 0.2) is 0 Å². The average molecular weight is 262 g/mol. The molecule has 16 heavy (non-hydrogen) atoms. The van der Waals surface area contributed by atoms with Gasteiger partial charge < -0.3 is 5.73 Å². The van der Waals surface area contributed by atoms with Gasteiger partial charge in [0.2, 0.25) is 10.0 Å². The summed E-state index contributed by atoms with van der Waals surface area (Å²) in [6.07, 6.45) is 1.50. The van der Waals surface area contributed by atoms with E-state index in [2.05, 4.69) is 4.72 Å². The van der Waals surface area contributed by atoms with Gasteiger partial charge in [-0.05, 0) is 38.4 Å². The molecule has 3 N–H and O–H groups in total. The van der Waals surface area contributed by atoms with E-state index in [1.165, 1.54) is 11.3 Å². The Morgan fingerprint density at radius 2 is 2.19 bits per heavy atom. The molecule has 0 aromatic carbocycles. The van der Waals surface area contributed by atoms with Crippen LogP contribution in [0.15, 0.2) is 16.3 Å². The van der Waals surface area contributed by atoms with Crippen LogP contribution >= 0.6 is 11.3 Å². The Morgan fingerprint density at radius 1 is 1.50 bits per heavy atom. The first kappa shape index (κ1) is 13.6. The molecule has 1 aromatic rings. The molecule has 1 aromatic heterocycles. The summed E-state index contributed by atoms with van der Waals surface area (Å²) in [5.41, 5.74) is 5.42. The lowest BCUT2D eigenvalue weighted by Crippen LogP contribution is -2.31. The summed E-state index contributed by atoms with van der Waals surface area (Å²) in [7, 11) is -3.34. The topological polar surface area (TPSA) is 72.2 Å². The SMILES string of the molecule is CCC(C)NS(=O)(=O)c1ccc(CCN)s1. The second-order valence-corrected chi connectivity index (χ2v) is 6.80. The van der Waals surface area contributed by atoms with Gasteiger partial charge in [-0.3, -0.25) is 0 Å². The summed E-state index contributed by atoms with van der Waals surface area (Å²) in [6.45, 7) is 4.34. The summed E-state index contributed by atoms with van der Waals surface area (Å²) in [4.78, 5) is 1.01. The molecule has 1 heterocycles. The van der Waals surface area contributed by atoms with Gasteiger partial charge in [-0.1, -0.05) is 6.92 Å². The van der Waals surface area contributed by atoms with E-state index < -0.39 is 10.0 Å². The maximum atomic E-state index is 11.9. The highest BCUT2D eigenvalue weighted by atomic mass is 32.2. The van der Waals surface area contributed by atoms with Crippen LogP contribution in [-0.2, 0) is 16.4 Å². The lowest BCUT2D eigenvalue weighted by Gasteiger charge is -2.10. The van der Waals surface area contributed by atoms with Crippen molar-refractivity contribution in [2.24, 2.45) is 5.73 Å². The Bertz CT molecular complexity index is 426.